The number of primary amides is 1. The summed E-state index contributed by atoms with van der Waals surface area (Å²) in [4.78, 5) is 29.9. The zero-order chi connectivity index (χ0) is 21.8. The number of rotatable bonds is 7. The minimum atomic E-state index is -0.811. The van der Waals surface area contributed by atoms with E-state index in [1.807, 2.05) is 64.9 Å². The van der Waals surface area contributed by atoms with E-state index in [0.717, 1.165) is 22.0 Å². The highest BCUT2D eigenvalue weighted by Gasteiger charge is 2.31. The average molecular weight is 438 g/mol. The Bertz CT molecular complexity index is 1050. The Balaban J connectivity index is 1.61. The fraction of sp³-hybridized carbons (Fsp3) is 0.217. The number of benzene rings is 2. The molecule has 2 N–H and O–H groups in total. The number of para-hydroxylation sites is 2. The summed E-state index contributed by atoms with van der Waals surface area (Å²) in [7, 11) is 1.61. The molecule has 0 bridgehead atoms. The zero-order valence-corrected chi connectivity index (χ0v) is 17.9. The first-order valence-corrected chi connectivity index (χ1v) is 10.7. The second kappa shape index (κ2) is 9.09. The lowest BCUT2D eigenvalue weighted by Gasteiger charge is -2.35. The summed E-state index contributed by atoms with van der Waals surface area (Å²) in [5, 5.41) is 1.99. The molecule has 160 valence electrons. The quantitative estimate of drug-likeness (QED) is 0.614. The van der Waals surface area contributed by atoms with Crippen LogP contribution in [0.15, 0.2) is 66.0 Å². The van der Waals surface area contributed by atoms with Crippen molar-refractivity contribution in [3.63, 3.8) is 0 Å². The summed E-state index contributed by atoms with van der Waals surface area (Å²) in [6.07, 6.45) is -0.811. The van der Waals surface area contributed by atoms with Crippen LogP contribution >= 0.6 is 11.3 Å². The molecule has 2 heterocycles. The van der Waals surface area contributed by atoms with Gasteiger partial charge in [0, 0.05) is 10.6 Å². The lowest BCUT2D eigenvalue weighted by atomic mass is 10.1. The molecule has 4 rings (SSSR count). The second-order valence-corrected chi connectivity index (χ2v) is 8.15. The first kappa shape index (κ1) is 20.7. The third-order valence-corrected chi connectivity index (χ3v) is 5.95. The molecule has 0 saturated heterocycles. The third kappa shape index (κ3) is 4.64. The number of carbonyl (C=O) groups is 2. The van der Waals surface area contributed by atoms with Gasteiger partial charge in [0.1, 0.15) is 11.5 Å². The SMILES string of the molecule is COc1ccc(N(Cc2cccs2)C(=O)CN2CC(C(N)=O)Oc3ccccc32)cc1. The predicted octanol–water partition coefficient (Wildman–Crippen LogP) is 3.04. The summed E-state index contributed by atoms with van der Waals surface area (Å²) in [6.45, 7) is 0.753. The molecule has 0 fully saturated rings. The number of methoxy groups -OCH3 is 1. The maximum Gasteiger partial charge on any atom is 0.260 e. The average Bonchev–Trinajstić information content (AvgIpc) is 3.30. The minimum Gasteiger partial charge on any atom is -0.497 e. The van der Waals surface area contributed by atoms with Gasteiger partial charge in [-0.05, 0) is 47.8 Å². The Morgan fingerprint density at radius 2 is 1.94 bits per heavy atom. The van der Waals surface area contributed by atoms with Crippen LogP contribution in [0.3, 0.4) is 0 Å². The molecule has 0 spiro atoms. The van der Waals surface area contributed by atoms with Crippen molar-refractivity contribution in [2.75, 3.05) is 30.0 Å². The van der Waals surface area contributed by atoms with Crippen LogP contribution in [0.2, 0.25) is 0 Å². The summed E-state index contributed by atoms with van der Waals surface area (Å²) in [5.74, 6) is 0.606. The standard InChI is InChI=1S/C23H23N3O4S/c1-29-17-10-8-16(9-11-17)26(13-18-5-4-12-31-18)22(27)15-25-14-21(23(24)28)30-20-7-3-2-6-19(20)25/h2-12,21H,13-15H2,1H3,(H2,24,28). The van der Waals surface area contributed by atoms with E-state index in [2.05, 4.69) is 0 Å². The number of nitrogens with zero attached hydrogens (tertiary/aromatic N) is 2. The Labute approximate surface area is 184 Å². The highest BCUT2D eigenvalue weighted by molar-refractivity contribution is 7.09. The molecule has 2 aromatic carbocycles. The van der Waals surface area contributed by atoms with Crippen LogP contribution in [0, 0.1) is 0 Å². The van der Waals surface area contributed by atoms with Crippen LogP contribution in [0.4, 0.5) is 11.4 Å². The van der Waals surface area contributed by atoms with E-state index in [4.69, 9.17) is 15.2 Å². The normalized spacial score (nSPS) is 15.0. The van der Waals surface area contributed by atoms with Crippen LogP contribution in [0.5, 0.6) is 11.5 Å². The summed E-state index contributed by atoms with van der Waals surface area (Å²) >= 11 is 1.60. The van der Waals surface area contributed by atoms with Crippen molar-refractivity contribution in [3.05, 3.63) is 70.9 Å². The van der Waals surface area contributed by atoms with Gasteiger partial charge in [-0.25, -0.2) is 0 Å². The highest BCUT2D eigenvalue weighted by atomic mass is 32.1. The van der Waals surface area contributed by atoms with Gasteiger partial charge in [-0.3, -0.25) is 9.59 Å². The Morgan fingerprint density at radius 1 is 1.16 bits per heavy atom. The van der Waals surface area contributed by atoms with Gasteiger partial charge in [-0.2, -0.15) is 0 Å². The first-order chi connectivity index (χ1) is 15.0. The number of ether oxygens (including phenoxy) is 2. The van der Waals surface area contributed by atoms with E-state index in [1.54, 1.807) is 29.4 Å². The van der Waals surface area contributed by atoms with Gasteiger partial charge >= 0.3 is 0 Å². The lowest BCUT2D eigenvalue weighted by molar-refractivity contribution is -0.125. The molecule has 3 aromatic rings. The monoisotopic (exact) mass is 437 g/mol. The molecule has 1 unspecified atom stereocenters. The fourth-order valence-electron chi connectivity index (χ4n) is 3.50. The third-order valence-electron chi connectivity index (χ3n) is 5.08. The van der Waals surface area contributed by atoms with Gasteiger partial charge < -0.3 is 25.0 Å². The van der Waals surface area contributed by atoms with Gasteiger partial charge in [0.15, 0.2) is 6.10 Å². The number of thiophene rings is 1. The Kier molecular flexibility index (Phi) is 6.08. The number of amides is 2. The molecular formula is C23H23N3O4S. The molecule has 1 atom stereocenters. The van der Waals surface area contributed by atoms with Crippen LogP contribution in [0.25, 0.3) is 0 Å². The largest absolute Gasteiger partial charge is 0.497 e. The second-order valence-electron chi connectivity index (χ2n) is 7.11. The van der Waals surface area contributed by atoms with Crippen molar-refractivity contribution in [2.45, 2.75) is 12.6 Å². The van der Waals surface area contributed by atoms with Gasteiger partial charge in [-0.1, -0.05) is 18.2 Å². The van der Waals surface area contributed by atoms with Crippen LogP contribution in [-0.2, 0) is 16.1 Å². The lowest BCUT2D eigenvalue weighted by Crippen LogP contribution is -2.50. The summed E-state index contributed by atoms with van der Waals surface area (Å²) < 4.78 is 11.0. The van der Waals surface area contributed by atoms with Crippen molar-refractivity contribution in [1.82, 2.24) is 0 Å². The van der Waals surface area contributed by atoms with Gasteiger partial charge in [0.05, 0.1) is 32.4 Å². The van der Waals surface area contributed by atoms with Crippen LogP contribution in [0.1, 0.15) is 4.88 Å². The summed E-state index contributed by atoms with van der Waals surface area (Å²) in [6, 6.07) is 18.7. The Morgan fingerprint density at radius 3 is 2.61 bits per heavy atom. The molecule has 2 amide bonds. The van der Waals surface area contributed by atoms with Gasteiger partial charge in [0.2, 0.25) is 5.91 Å². The topological polar surface area (TPSA) is 85.1 Å². The molecule has 7 nitrogen and oxygen atoms in total. The first-order valence-electron chi connectivity index (χ1n) is 9.82. The summed E-state index contributed by atoms with van der Waals surface area (Å²) in [5.41, 5.74) is 7.02. The van der Waals surface area contributed by atoms with Crippen molar-refractivity contribution in [1.29, 1.82) is 0 Å². The molecular weight excluding hydrogens is 414 g/mol. The number of carbonyl (C=O) groups excluding carboxylic acids is 2. The number of fused-ring (bicyclic) bond motifs is 1. The van der Waals surface area contributed by atoms with Gasteiger partial charge in [-0.15, -0.1) is 11.3 Å². The molecule has 0 radical (unpaired) electrons. The van der Waals surface area contributed by atoms with Crippen molar-refractivity contribution >= 4 is 34.5 Å². The number of hydrogen-bond donors (Lipinski definition) is 1. The van der Waals surface area contributed by atoms with Crippen LogP contribution < -0.4 is 25.0 Å². The molecule has 1 aromatic heterocycles. The highest BCUT2D eigenvalue weighted by Crippen LogP contribution is 2.33. The predicted molar refractivity (Wildman–Crippen MR) is 121 cm³/mol. The van der Waals surface area contributed by atoms with Gasteiger partial charge in [0.25, 0.3) is 5.91 Å². The van der Waals surface area contributed by atoms with Crippen molar-refractivity contribution in [3.8, 4) is 11.5 Å². The Hall–Kier alpha value is -3.52. The van der Waals surface area contributed by atoms with E-state index < -0.39 is 12.0 Å². The van der Waals surface area contributed by atoms with Crippen molar-refractivity contribution < 1.29 is 19.1 Å². The minimum absolute atomic E-state index is 0.0849. The fourth-order valence-corrected chi connectivity index (χ4v) is 4.19. The maximum atomic E-state index is 13.5. The van der Waals surface area contributed by atoms with E-state index >= 15 is 0 Å². The number of nitrogens with two attached hydrogens (primary N) is 1. The smallest absolute Gasteiger partial charge is 0.260 e. The molecule has 0 aliphatic carbocycles. The molecule has 0 saturated carbocycles. The molecule has 1 aliphatic heterocycles. The van der Waals surface area contributed by atoms with E-state index in [9.17, 15) is 9.59 Å². The van der Waals surface area contributed by atoms with E-state index in [0.29, 0.717) is 12.3 Å². The maximum absolute atomic E-state index is 13.5. The molecule has 1 aliphatic rings. The number of anilines is 2. The zero-order valence-electron chi connectivity index (χ0n) is 17.1. The van der Waals surface area contributed by atoms with E-state index in [1.165, 1.54) is 0 Å². The van der Waals surface area contributed by atoms with Crippen molar-refractivity contribution in [2.24, 2.45) is 5.73 Å². The number of hydrogen-bond acceptors (Lipinski definition) is 6. The molecule has 31 heavy (non-hydrogen) atoms. The van der Waals surface area contributed by atoms with E-state index in [-0.39, 0.29) is 19.0 Å². The molecule has 8 heteroatoms. The van der Waals surface area contributed by atoms with Crippen LogP contribution in [-0.4, -0.2) is 38.1 Å².